The average molecular weight is 535 g/mol. The first kappa shape index (κ1) is 69.7. The van der Waals surface area contributed by atoms with Crippen molar-refractivity contribution in [1.82, 2.24) is 5.32 Å². The summed E-state index contributed by atoms with van der Waals surface area (Å²) in [6.45, 7) is 9.22. The Kier molecular flexibility index (Phi) is 97.5. The second-order valence-corrected chi connectivity index (χ2v) is 6.28. The topological polar surface area (TPSA) is 229 Å². The summed E-state index contributed by atoms with van der Waals surface area (Å²) in [7, 11) is -7.45. The summed E-state index contributed by atoms with van der Waals surface area (Å²) in [6.07, 6.45) is 1.46. The van der Waals surface area contributed by atoms with Crippen LogP contribution < -0.4 is 70.2 Å². The first-order chi connectivity index (χ1) is 11.3. The molecule has 0 aliphatic rings. The maximum absolute atomic E-state index is 10.9. The summed E-state index contributed by atoms with van der Waals surface area (Å²) in [5, 5.41) is 2.03. The molecule has 2 unspecified atom stereocenters. The van der Waals surface area contributed by atoms with Crippen molar-refractivity contribution in [2.75, 3.05) is 5.88 Å². The molecule has 16 heteroatoms. The third kappa shape index (κ3) is 77.8. The zero-order chi connectivity index (χ0) is 21.2. The molecule has 0 spiro atoms. The predicted octanol–water partition coefficient (Wildman–Crippen LogP) is -5.18. The van der Waals surface area contributed by atoms with Gasteiger partial charge in [0.2, 0.25) is 11.8 Å². The zero-order valence-corrected chi connectivity index (χ0v) is 22.7. The minimum absolute atomic E-state index is 0. The number of nitrogens with one attached hydrogen (secondary N) is 1. The zero-order valence-electron chi connectivity index (χ0n) is 18.1. The van der Waals surface area contributed by atoms with E-state index in [1.807, 2.05) is 26.0 Å². The molecule has 12 nitrogen and oxygen atoms in total. The Morgan fingerprint density at radius 2 is 1.22 bits per heavy atom. The molecule has 0 saturated carbocycles. The summed E-state index contributed by atoms with van der Waals surface area (Å²) in [5.74, 6) is -1.65. The smallest absolute Gasteiger partial charge is 1.00 e. The van der Waals surface area contributed by atoms with Crippen LogP contribution in [-0.2, 0) is 35.1 Å². The van der Waals surface area contributed by atoms with Gasteiger partial charge in [-0.3, -0.25) is 9.59 Å². The van der Waals surface area contributed by atoms with Crippen molar-refractivity contribution in [2.24, 2.45) is 17.6 Å². The van der Waals surface area contributed by atoms with E-state index in [9.17, 15) is 22.6 Å². The largest absolute Gasteiger partial charge is 1.00 e. The molecular weight excluding hydrogens is 490 g/mol. The van der Waals surface area contributed by atoms with Crippen LogP contribution in [0.2, 0.25) is 0 Å². The third-order valence-electron chi connectivity index (χ3n) is 2.58. The van der Waals surface area contributed by atoms with Gasteiger partial charge in [-0.05, 0) is 12.8 Å². The number of rotatable bonds is 6. The summed E-state index contributed by atoms with van der Waals surface area (Å²) in [6, 6.07) is 0. The molecule has 0 aromatic rings. The molecule has 0 aromatic heterocycles. The number of hydrogen-bond donors (Lipinski definition) is 2. The van der Waals surface area contributed by atoms with Crippen LogP contribution in [0.25, 0.3) is 0 Å². The van der Waals surface area contributed by atoms with Gasteiger partial charge in [0, 0.05) is 11.8 Å². The number of amides is 2. The number of hydrogen-bond acceptors (Lipinski definition) is 9. The van der Waals surface area contributed by atoms with Crippen molar-refractivity contribution in [2.45, 2.75) is 70.2 Å². The van der Waals surface area contributed by atoms with Gasteiger partial charge in [0.25, 0.3) is 0 Å². The van der Waals surface area contributed by atoms with Crippen LogP contribution in [0.1, 0.15) is 71.7 Å². The van der Waals surface area contributed by atoms with Crippen molar-refractivity contribution < 1.29 is 106 Å². The van der Waals surface area contributed by atoms with Gasteiger partial charge in [0.05, 0.1) is 0 Å². The van der Waals surface area contributed by atoms with Crippen molar-refractivity contribution in [1.29, 1.82) is 0 Å². The number of carbonyl (C=O) groups excluding carboxylic acids is 3. The maximum atomic E-state index is 10.9. The van der Waals surface area contributed by atoms with Crippen molar-refractivity contribution in [3.63, 3.8) is 0 Å². The standard InChI is InChI=1S/C6H13NO4S.C5H11NO.CH2O.4CH4.2Na.O3S.H2O.H/c1-3-5(2)6(8)7-4-12(9,10)11;1-3-4(2)5(6)7;1-2;;;;;;;1-4(2)3;;/h5H,3-4H2,1-2H3,(H,7,8)(H,9,10,11);4H,3H2,1-2H3,(H2,6,7);1H2;4*1H4;;;;1H2;/q;;;;;;;2*+1;;;-1/p-1. The van der Waals surface area contributed by atoms with Gasteiger partial charge in [0.15, 0.2) is 0 Å². The molecule has 192 valence electrons. The Bertz CT molecular complexity index is 589. The fourth-order valence-corrected chi connectivity index (χ4v) is 1.04. The van der Waals surface area contributed by atoms with Crippen molar-refractivity contribution >= 4 is 39.3 Å². The summed E-state index contributed by atoms with van der Waals surface area (Å²) >= 11 is 0. The van der Waals surface area contributed by atoms with E-state index in [-0.39, 0.29) is 113 Å². The second-order valence-electron chi connectivity index (χ2n) is 4.47. The van der Waals surface area contributed by atoms with Gasteiger partial charge in [0.1, 0.15) is 22.8 Å². The van der Waals surface area contributed by atoms with Crippen LogP contribution in [-0.4, -0.2) is 55.6 Å². The molecule has 0 saturated heterocycles. The number of primary amides is 1. The Hall–Kier alpha value is 0.100. The minimum atomic E-state index is -4.34. The van der Waals surface area contributed by atoms with Crippen LogP contribution in [0.4, 0.5) is 0 Å². The van der Waals surface area contributed by atoms with Gasteiger partial charge in [-0.25, -0.2) is 8.42 Å². The van der Waals surface area contributed by atoms with E-state index in [4.69, 9.17) is 23.2 Å². The van der Waals surface area contributed by atoms with E-state index < -0.39 is 32.5 Å². The molecule has 2 amide bonds. The van der Waals surface area contributed by atoms with E-state index in [0.717, 1.165) is 6.42 Å². The van der Waals surface area contributed by atoms with E-state index in [1.165, 1.54) is 0 Å². The molecular formula is C16H44N2Na2O10S2. The van der Waals surface area contributed by atoms with Crippen molar-refractivity contribution in [3.8, 4) is 0 Å². The Labute approximate surface area is 242 Å². The molecule has 0 bridgehead atoms. The second kappa shape index (κ2) is 44.7. The maximum Gasteiger partial charge on any atom is 1.00 e. The van der Waals surface area contributed by atoms with Gasteiger partial charge in [-0.1, -0.05) is 57.4 Å². The van der Waals surface area contributed by atoms with Crippen LogP contribution in [0.5, 0.6) is 0 Å². The number of nitrogens with two attached hydrogens (primary N) is 1. The van der Waals surface area contributed by atoms with Crippen LogP contribution in [0.15, 0.2) is 0 Å². The van der Waals surface area contributed by atoms with E-state index in [2.05, 4.69) is 0 Å². The fourth-order valence-electron chi connectivity index (χ4n) is 0.720. The fraction of sp³-hybridized carbons (Fsp3) is 0.812. The number of carbonyl (C=O) groups is 3. The monoisotopic (exact) mass is 534 g/mol. The molecule has 0 aromatic carbocycles. The molecule has 0 rings (SSSR count). The van der Waals surface area contributed by atoms with Gasteiger partial charge in [-0.2, -0.15) is 0 Å². The van der Waals surface area contributed by atoms with Crippen LogP contribution in [0.3, 0.4) is 0 Å². The molecule has 32 heavy (non-hydrogen) atoms. The predicted molar refractivity (Wildman–Crippen MR) is 119 cm³/mol. The van der Waals surface area contributed by atoms with Crippen LogP contribution in [0, 0.1) is 11.8 Å². The van der Waals surface area contributed by atoms with Gasteiger partial charge in [-0.15, -0.1) is 12.6 Å². The Balaban J connectivity index is -0.0000000187. The average Bonchev–Trinajstić information content (AvgIpc) is 2.52. The summed E-state index contributed by atoms with van der Waals surface area (Å²) in [5.41, 5.74) is 4.91. The molecule has 0 radical (unpaired) electrons. The summed E-state index contributed by atoms with van der Waals surface area (Å²) in [4.78, 5) is 29.1. The molecule has 5 N–H and O–H groups in total. The van der Waals surface area contributed by atoms with Crippen molar-refractivity contribution in [3.05, 3.63) is 0 Å². The summed E-state index contributed by atoms with van der Waals surface area (Å²) < 4.78 is 55.6. The Morgan fingerprint density at radius 1 is 0.969 bits per heavy atom. The molecule has 0 heterocycles. The SMILES string of the molecule is C.C.C.C.C=O.CCC(C)C(=O)NCS(=O)(=O)[O-].CCC(C)C(N)=O.O.O=S(=O)=O.[H-].[Na+].[Na+]. The van der Waals surface area contributed by atoms with Gasteiger partial charge < -0.3 is 27.3 Å². The van der Waals surface area contributed by atoms with Gasteiger partial charge >= 0.3 is 69.7 Å². The molecule has 0 fully saturated rings. The Morgan fingerprint density at radius 3 is 1.34 bits per heavy atom. The molecule has 2 atom stereocenters. The first-order valence-corrected chi connectivity index (χ1v) is 9.42. The normalized spacial score (nSPS) is 9.03. The minimum Gasteiger partial charge on any atom is -1.00 e. The van der Waals surface area contributed by atoms with Crippen LogP contribution >= 0.6 is 0 Å². The first-order valence-electron chi connectivity index (χ1n) is 6.84. The third-order valence-corrected chi connectivity index (χ3v) is 3.08. The van der Waals surface area contributed by atoms with E-state index in [0.29, 0.717) is 6.42 Å². The quantitative estimate of drug-likeness (QED) is 0.245. The van der Waals surface area contributed by atoms with E-state index >= 15 is 0 Å². The molecule has 0 aliphatic heterocycles. The molecule has 0 aliphatic carbocycles. The van der Waals surface area contributed by atoms with E-state index in [1.54, 1.807) is 13.8 Å².